The predicted octanol–water partition coefficient (Wildman–Crippen LogP) is 3.36. The molecule has 36 heavy (non-hydrogen) atoms. The predicted molar refractivity (Wildman–Crippen MR) is 137 cm³/mol. The van der Waals surface area contributed by atoms with Gasteiger partial charge in [-0.3, -0.25) is 4.98 Å². The second-order valence-electron chi connectivity index (χ2n) is 8.72. The van der Waals surface area contributed by atoms with Crippen LogP contribution >= 0.6 is 0 Å². The maximum Gasteiger partial charge on any atom is 0.243 e. The number of nitrogens with zero attached hydrogens (tertiary/aromatic N) is 3. The summed E-state index contributed by atoms with van der Waals surface area (Å²) >= 11 is 0. The number of rotatable bonds is 5. The van der Waals surface area contributed by atoms with Crippen LogP contribution in [0, 0.1) is 6.92 Å². The molecule has 1 aliphatic heterocycles. The van der Waals surface area contributed by atoms with Gasteiger partial charge in [-0.15, -0.1) is 0 Å². The Bertz CT molecular complexity index is 1390. The number of benzene rings is 2. The van der Waals surface area contributed by atoms with Crippen LogP contribution in [0.25, 0.3) is 0 Å². The van der Waals surface area contributed by atoms with E-state index in [1.54, 1.807) is 54.6 Å². The van der Waals surface area contributed by atoms with Crippen molar-refractivity contribution >= 4 is 20.0 Å². The van der Waals surface area contributed by atoms with E-state index >= 15 is 0 Å². The second kappa shape index (κ2) is 11.2. The van der Waals surface area contributed by atoms with Crippen LogP contribution in [-0.4, -0.2) is 56.7 Å². The highest BCUT2D eigenvalue weighted by molar-refractivity contribution is 7.89. The lowest BCUT2D eigenvalue weighted by Gasteiger charge is -2.25. The van der Waals surface area contributed by atoms with Crippen molar-refractivity contribution in [2.75, 3.05) is 26.3 Å². The van der Waals surface area contributed by atoms with Gasteiger partial charge in [-0.1, -0.05) is 42.8 Å². The third-order valence-electron chi connectivity index (χ3n) is 6.14. The van der Waals surface area contributed by atoms with E-state index in [2.05, 4.69) is 4.98 Å². The lowest BCUT2D eigenvalue weighted by atomic mass is 10.2. The van der Waals surface area contributed by atoms with Crippen molar-refractivity contribution in [3.05, 3.63) is 89.2 Å². The lowest BCUT2D eigenvalue weighted by Crippen LogP contribution is -2.37. The summed E-state index contributed by atoms with van der Waals surface area (Å²) in [4.78, 5) is 5.04. The average molecular weight is 530 g/mol. The van der Waals surface area contributed by atoms with Gasteiger partial charge in [-0.05, 0) is 55.3 Å². The second-order valence-corrected chi connectivity index (χ2v) is 12.6. The number of pyridine rings is 1. The minimum Gasteiger partial charge on any atom is -0.379 e. The van der Waals surface area contributed by atoms with Crippen LogP contribution in [0.15, 0.2) is 76.5 Å². The minimum absolute atomic E-state index is 0.0542. The first-order valence-electron chi connectivity index (χ1n) is 11.9. The summed E-state index contributed by atoms with van der Waals surface area (Å²) in [6.45, 7) is 4.52. The van der Waals surface area contributed by atoms with Gasteiger partial charge in [-0.25, -0.2) is 16.8 Å². The Kier molecular flexibility index (Phi) is 8.21. The summed E-state index contributed by atoms with van der Waals surface area (Å²) in [6, 6.07) is 18.9. The fourth-order valence-electron chi connectivity index (χ4n) is 3.98. The molecule has 0 spiro atoms. The molecule has 0 aliphatic carbocycles. The molecule has 0 N–H and O–H groups in total. The Morgan fingerprint density at radius 2 is 1.22 bits per heavy atom. The van der Waals surface area contributed by atoms with Gasteiger partial charge in [0.2, 0.25) is 20.0 Å². The zero-order chi connectivity index (χ0) is 25.8. The van der Waals surface area contributed by atoms with Crippen molar-refractivity contribution in [1.29, 1.82) is 0 Å². The van der Waals surface area contributed by atoms with E-state index in [0.29, 0.717) is 11.4 Å². The smallest absolute Gasteiger partial charge is 0.243 e. The van der Waals surface area contributed by atoms with Gasteiger partial charge in [0.25, 0.3) is 0 Å². The molecule has 2 aromatic carbocycles. The van der Waals surface area contributed by atoms with Crippen molar-refractivity contribution in [3.63, 3.8) is 0 Å². The quantitative estimate of drug-likeness (QED) is 0.503. The Balaban J connectivity index is 1.62. The molecule has 2 bridgehead atoms. The number of aromatic nitrogens is 1. The van der Waals surface area contributed by atoms with Crippen molar-refractivity contribution in [2.24, 2.45) is 0 Å². The molecule has 2 heterocycles. The zero-order valence-corrected chi connectivity index (χ0v) is 22.1. The maximum absolute atomic E-state index is 13.4. The zero-order valence-electron chi connectivity index (χ0n) is 20.5. The molecule has 4 rings (SSSR count). The molecular weight excluding hydrogens is 498 g/mol. The van der Waals surface area contributed by atoms with Crippen LogP contribution in [-0.2, 0) is 44.3 Å². The first-order chi connectivity index (χ1) is 17.2. The third-order valence-corrected chi connectivity index (χ3v) is 9.86. The number of sulfonamides is 2. The highest BCUT2D eigenvalue weighted by Crippen LogP contribution is 2.22. The minimum atomic E-state index is -3.77. The van der Waals surface area contributed by atoms with Gasteiger partial charge in [0.1, 0.15) is 0 Å². The topological polar surface area (TPSA) is 96.9 Å². The Labute approximate surface area is 213 Å². The molecule has 0 atom stereocenters. The van der Waals surface area contributed by atoms with Crippen LogP contribution in [0.1, 0.15) is 29.4 Å². The summed E-state index contributed by atoms with van der Waals surface area (Å²) in [5.41, 5.74) is 3.11. The van der Waals surface area contributed by atoms with Gasteiger partial charge in [0.05, 0.1) is 47.5 Å². The summed E-state index contributed by atoms with van der Waals surface area (Å²) in [7, 11) is -7.54. The third kappa shape index (κ3) is 6.01. The van der Waals surface area contributed by atoms with Crippen molar-refractivity contribution in [3.8, 4) is 0 Å². The van der Waals surface area contributed by atoms with Gasteiger partial charge in [0, 0.05) is 13.1 Å². The lowest BCUT2D eigenvalue weighted by molar-refractivity contribution is 0.110. The molecule has 1 aromatic heterocycles. The first kappa shape index (κ1) is 26.4. The molecule has 10 heteroatoms. The summed E-state index contributed by atoms with van der Waals surface area (Å²) in [5.74, 6) is 0. The van der Waals surface area contributed by atoms with Crippen LogP contribution in [0.3, 0.4) is 0 Å². The average Bonchev–Trinajstić information content (AvgIpc) is 2.87. The number of hydrogen-bond acceptors (Lipinski definition) is 6. The van der Waals surface area contributed by atoms with E-state index in [1.165, 1.54) is 8.61 Å². The van der Waals surface area contributed by atoms with Crippen LogP contribution in [0.5, 0.6) is 0 Å². The maximum atomic E-state index is 13.4. The summed E-state index contributed by atoms with van der Waals surface area (Å²) in [6.07, 6.45) is 0.825. The van der Waals surface area contributed by atoms with Gasteiger partial charge >= 0.3 is 0 Å². The Hall–Kier alpha value is -2.63. The van der Waals surface area contributed by atoms with Crippen molar-refractivity contribution in [2.45, 2.75) is 43.1 Å². The van der Waals surface area contributed by atoms with Gasteiger partial charge in [0.15, 0.2) is 0 Å². The molecule has 0 saturated heterocycles. The molecule has 192 valence electrons. The van der Waals surface area contributed by atoms with Crippen molar-refractivity contribution < 1.29 is 21.6 Å². The van der Waals surface area contributed by atoms with Crippen LogP contribution < -0.4 is 0 Å². The number of ether oxygens (including phenoxy) is 1. The normalized spacial score (nSPS) is 16.7. The number of fused-ring (bicyclic) bond motifs is 2. The van der Waals surface area contributed by atoms with E-state index in [-0.39, 0.29) is 49.2 Å². The molecule has 0 radical (unpaired) electrons. The van der Waals surface area contributed by atoms with Crippen LogP contribution in [0.2, 0.25) is 0 Å². The van der Waals surface area contributed by atoms with Crippen LogP contribution in [0.4, 0.5) is 0 Å². The molecule has 0 unspecified atom stereocenters. The SMILES string of the molecule is CCc1ccc(S(=O)(=O)N2CCOCCN(S(=O)(=O)c3ccc(C)cc3)Cc3cccc(n3)C2)cc1. The van der Waals surface area contributed by atoms with Gasteiger partial charge in [-0.2, -0.15) is 8.61 Å². The molecule has 1 aliphatic rings. The molecule has 0 saturated carbocycles. The van der Waals surface area contributed by atoms with Crippen molar-refractivity contribution in [1.82, 2.24) is 13.6 Å². The number of hydrogen-bond donors (Lipinski definition) is 0. The largest absolute Gasteiger partial charge is 0.379 e. The molecular formula is C26H31N3O5S2. The Morgan fingerprint density at radius 3 is 1.69 bits per heavy atom. The fourth-order valence-corrected chi connectivity index (χ4v) is 6.77. The van der Waals surface area contributed by atoms with E-state index in [0.717, 1.165) is 17.5 Å². The highest BCUT2D eigenvalue weighted by Gasteiger charge is 2.28. The molecule has 3 aromatic rings. The monoisotopic (exact) mass is 529 g/mol. The highest BCUT2D eigenvalue weighted by atomic mass is 32.2. The van der Waals surface area contributed by atoms with E-state index in [9.17, 15) is 16.8 Å². The number of aryl methyl sites for hydroxylation is 2. The van der Waals surface area contributed by atoms with E-state index in [1.807, 2.05) is 26.0 Å². The summed E-state index contributed by atoms with van der Waals surface area (Å²) < 4.78 is 62.0. The standard InChI is InChI=1S/C26H31N3O5S2/c1-3-22-9-13-26(14-10-22)36(32,33)29-16-18-34-17-15-28(19-23-5-4-6-24(20-29)27-23)35(30,31)25-11-7-21(2)8-12-25/h4-14H,3,15-20H2,1-2H3. The van der Waals surface area contributed by atoms with Gasteiger partial charge < -0.3 is 4.74 Å². The van der Waals surface area contributed by atoms with E-state index < -0.39 is 20.0 Å². The molecule has 0 amide bonds. The molecule has 8 nitrogen and oxygen atoms in total. The molecule has 0 fully saturated rings. The van der Waals surface area contributed by atoms with E-state index in [4.69, 9.17) is 4.74 Å². The Morgan fingerprint density at radius 1 is 0.750 bits per heavy atom. The fraction of sp³-hybridized carbons (Fsp3) is 0.346. The first-order valence-corrected chi connectivity index (χ1v) is 14.8. The summed E-state index contributed by atoms with van der Waals surface area (Å²) in [5, 5.41) is 0.